The summed E-state index contributed by atoms with van der Waals surface area (Å²) in [6.07, 6.45) is -1.14. The first-order chi connectivity index (χ1) is 9.99. The maximum Gasteiger partial charge on any atom is 0.310 e. The van der Waals surface area contributed by atoms with Gasteiger partial charge in [0.15, 0.2) is 6.23 Å². The number of rotatable bonds is 4. The van der Waals surface area contributed by atoms with Crippen molar-refractivity contribution in [2.45, 2.75) is 33.4 Å². The summed E-state index contributed by atoms with van der Waals surface area (Å²) in [6.45, 7) is 6.43. The molecule has 5 nitrogen and oxygen atoms in total. The first-order valence-corrected chi connectivity index (χ1v) is 7.12. The molecule has 0 fully saturated rings. The molecule has 1 aliphatic heterocycles. The van der Waals surface area contributed by atoms with Gasteiger partial charge in [-0.1, -0.05) is 6.07 Å². The lowest BCUT2D eigenvalue weighted by Gasteiger charge is -2.36. The van der Waals surface area contributed by atoms with Crippen molar-refractivity contribution in [1.82, 2.24) is 0 Å². The Morgan fingerprint density at radius 3 is 2.71 bits per heavy atom. The first-order valence-electron chi connectivity index (χ1n) is 7.12. The molecule has 0 saturated heterocycles. The summed E-state index contributed by atoms with van der Waals surface area (Å²) in [5, 5.41) is 20.9. The molecule has 1 aliphatic rings. The number of anilines is 1. The Bertz CT molecular complexity index is 580. The number of likely N-dealkylation sites (N-methyl/N-ethyl adjacent to an activating group) is 1. The third kappa shape index (κ3) is 2.88. The zero-order chi connectivity index (χ0) is 15.6. The number of hydrogen-bond donors (Lipinski definition) is 2. The van der Waals surface area contributed by atoms with Gasteiger partial charge in [-0.05, 0) is 38.5 Å². The van der Waals surface area contributed by atoms with Crippen LogP contribution in [0.15, 0.2) is 23.8 Å². The molecule has 0 aromatic heterocycles. The quantitative estimate of drug-likeness (QED) is 0.833. The molecule has 2 rings (SSSR count). The third-order valence-corrected chi connectivity index (χ3v) is 3.61. The van der Waals surface area contributed by atoms with Crippen LogP contribution in [0.5, 0.6) is 0 Å². The van der Waals surface area contributed by atoms with E-state index in [1.807, 2.05) is 26.0 Å². The van der Waals surface area contributed by atoms with Gasteiger partial charge in [0, 0.05) is 17.7 Å². The smallest absolute Gasteiger partial charge is 0.310 e. The van der Waals surface area contributed by atoms with Gasteiger partial charge >= 0.3 is 5.97 Å². The highest BCUT2D eigenvalue weighted by Crippen LogP contribution is 2.37. The third-order valence-electron chi connectivity index (χ3n) is 3.61. The molecule has 0 aliphatic carbocycles. The van der Waals surface area contributed by atoms with Crippen molar-refractivity contribution in [3.63, 3.8) is 0 Å². The average molecular weight is 291 g/mol. The molecule has 0 bridgehead atoms. The van der Waals surface area contributed by atoms with Crippen LogP contribution in [0.1, 0.15) is 31.4 Å². The predicted molar refractivity (Wildman–Crippen MR) is 81.0 cm³/mol. The normalized spacial score (nSPS) is 17.7. The number of aliphatic hydroxyl groups excluding tert-OH is 2. The molecule has 114 valence electrons. The number of nitrogens with zero attached hydrogens (tertiary/aromatic N) is 1. The summed E-state index contributed by atoms with van der Waals surface area (Å²) in [4.78, 5) is 13.4. The monoisotopic (exact) mass is 291 g/mol. The molecule has 1 unspecified atom stereocenters. The lowest BCUT2D eigenvalue weighted by molar-refractivity contribution is -0.142. The van der Waals surface area contributed by atoms with E-state index in [0.717, 1.165) is 11.3 Å². The Kier molecular flexibility index (Phi) is 4.53. The van der Waals surface area contributed by atoms with Gasteiger partial charge in [-0.15, -0.1) is 0 Å². The average Bonchev–Trinajstić information content (AvgIpc) is 2.44. The molecule has 5 heteroatoms. The number of aliphatic hydroxyl groups is 2. The van der Waals surface area contributed by atoms with Gasteiger partial charge in [-0.25, -0.2) is 0 Å². The zero-order valence-corrected chi connectivity index (χ0v) is 12.6. The van der Waals surface area contributed by atoms with Crippen LogP contribution < -0.4 is 4.90 Å². The van der Waals surface area contributed by atoms with Gasteiger partial charge in [-0.2, -0.15) is 0 Å². The Hall–Kier alpha value is -2.01. The van der Waals surface area contributed by atoms with Crippen LogP contribution in [0.3, 0.4) is 0 Å². The van der Waals surface area contributed by atoms with Crippen LogP contribution in [0.25, 0.3) is 5.76 Å². The number of carbonyl (C=O) groups excluding carboxylic acids is 1. The van der Waals surface area contributed by atoms with Crippen molar-refractivity contribution >= 4 is 17.4 Å². The Labute approximate surface area is 124 Å². The first kappa shape index (κ1) is 15.4. The fourth-order valence-corrected chi connectivity index (χ4v) is 2.58. The van der Waals surface area contributed by atoms with Crippen LogP contribution in [-0.4, -0.2) is 35.6 Å². The molecular formula is C16H21NO4. The molecule has 1 atom stereocenters. The zero-order valence-electron chi connectivity index (χ0n) is 12.6. The van der Waals surface area contributed by atoms with Crippen molar-refractivity contribution in [1.29, 1.82) is 0 Å². The standard InChI is InChI=1S/C16H21NO4/c1-4-17-13-8-10(3)6-7-11(13)15(19)12(16(17)20)9-14(18)21-5-2/h6-8,16,19-20H,4-5,9H2,1-3H3. The topological polar surface area (TPSA) is 70.0 Å². The van der Waals surface area contributed by atoms with Crippen molar-refractivity contribution < 1.29 is 19.7 Å². The van der Waals surface area contributed by atoms with E-state index in [2.05, 4.69) is 0 Å². The molecule has 0 spiro atoms. The van der Waals surface area contributed by atoms with E-state index in [-0.39, 0.29) is 24.4 Å². The minimum Gasteiger partial charge on any atom is -0.507 e. The van der Waals surface area contributed by atoms with E-state index < -0.39 is 12.2 Å². The summed E-state index contributed by atoms with van der Waals surface area (Å²) in [6, 6.07) is 5.61. The largest absolute Gasteiger partial charge is 0.507 e. The van der Waals surface area contributed by atoms with Crippen molar-refractivity contribution in [2.75, 3.05) is 18.1 Å². The molecule has 0 saturated carbocycles. The summed E-state index contributed by atoms with van der Waals surface area (Å²) in [5.74, 6) is -0.486. The van der Waals surface area contributed by atoms with Crippen LogP contribution in [0, 0.1) is 6.92 Å². The lowest BCUT2D eigenvalue weighted by Crippen LogP contribution is -2.40. The van der Waals surface area contributed by atoms with E-state index in [0.29, 0.717) is 12.1 Å². The van der Waals surface area contributed by atoms with Crippen LogP contribution >= 0.6 is 0 Å². The molecule has 21 heavy (non-hydrogen) atoms. The minimum absolute atomic E-state index is 0.0322. The van der Waals surface area contributed by atoms with Crippen LogP contribution in [0.4, 0.5) is 5.69 Å². The summed E-state index contributed by atoms with van der Waals surface area (Å²) in [5.41, 5.74) is 2.73. The predicted octanol–water partition coefficient (Wildman–Crippen LogP) is 2.38. The van der Waals surface area contributed by atoms with Gasteiger partial charge in [0.1, 0.15) is 5.76 Å². The number of carbonyl (C=O) groups is 1. The summed E-state index contributed by atoms with van der Waals surface area (Å²) < 4.78 is 4.90. The highest BCUT2D eigenvalue weighted by molar-refractivity contribution is 5.84. The van der Waals surface area contributed by atoms with Crippen LogP contribution in [0.2, 0.25) is 0 Å². The Balaban J connectivity index is 2.46. The molecule has 2 N–H and O–H groups in total. The van der Waals surface area contributed by atoms with Gasteiger partial charge in [0.05, 0.1) is 18.7 Å². The number of ether oxygens (including phenoxy) is 1. The highest BCUT2D eigenvalue weighted by Gasteiger charge is 2.32. The Morgan fingerprint density at radius 2 is 2.10 bits per heavy atom. The number of fused-ring (bicyclic) bond motifs is 1. The molecule has 0 amide bonds. The second-order valence-electron chi connectivity index (χ2n) is 5.04. The molecule has 1 heterocycles. The van der Waals surface area contributed by atoms with Gasteiger partial charge < -0.3 is 19.8 Å². The van der Waals surface area contributed by atoms with Crippen molar-refractivity contribution in [2.24, 2.45) is 0 Å². The minimum atomic E-state index is -1.02. The lowest BCUT2D eigenvalue weighted by atomic mass is 9.95. The maximum absolute atomic E-state index is 11.7. The maximum atomic E-state index is 11.7. The Morgan fingerprint density at radius 1 is 1.38 bits per heavy atom. The van der Waals surface area contributed by atoms with Gasteiger partial charge in [-0.3, -0.25) is 4.79 Å². The molecule has 1 aromatic carbocycles. The second-order valence-corrected chi connectivity index (χ2v) is 5.04. The second kappa shape index (κ2) is 6.18. The van der Waals surface area contributed by atoms with E-state index in [9.17, 15) is 15.0 Å². The highest BCUT2D eigenvalue weighted by atomic mass is 16.5. The van der Waals surface area contributed by atoms with E-state index in [1.54, 1.807) is 17.9 Å². The number of hydrogen-bond acceptors (Lipinski definition) is 5. The fourth-order valence-electron chi connectivity index (χ4n) is 2.58. The number of aryl methyl sites for hydroxylation is 1. The molecule has 0 radical (unpaired) electrons. The van der Waals surface area contributed by atoms with E-state index >= 15 is 0 Å². The van der Waals surface area contributed by atoms with Crippen molar-refractivity contribution in [3.8, 4) is 0 Å². The van der Waals surface area contributed by atoms with E-state index in [1.165, 1.54) is 0 Å². The number of benzene rings is 1. The van der Waals surface area contributed by atoms with Crippen LogP contribution in [-0.2, 0) is 9.53 Å². The van der Waals surface area contributed by atoms with Gasteiger partial charge in [0.2, 0.25) is 0 Å². The number of esters is 1. The van der Waals surface area contributed by atoms with Gasteiger partial charge in [0.25, 0.3) is 0 Å². The summed E-state index contributed by atoms with van der Waals surface area (Å²) >= 11 is 0. The van der Waals surface area contributed by atoms with E-state index in [4.69, 9.17) is 4.74 Å². The summed E-state index contributed by atoms with van der Waals surface area (Å²) in [7, 11) is 0. The van der Waals surface area contributed by atoms with Crippen molar-refractivity contribution in [3.05, 3.63) is 34.9 Å². The molecule has 1 aromatic rings. The SMILES string of the molecule is CCOC(=O)CC1=C(O)c2ccc(C)cc2N(CC)C1O. The fraction of sp³-hybridized carbons (Fsp3) is 0.438. The molecular weight excluding hydrogens is 270 g/mol.